The summed E-state index contributed by atoms with van der Waals surface area (Å²) in [7, 11) is 2.93. The Bertz CT molecular complexity index is 1820. The van der Waals surface area contributed by atoms with Crippen LogP contribution in [0.1, 0.15) is 25.8 Å². The fourth-order valence-electron chi connectivity index (χ4n) is 5.58. The molecule has 9 nitrogen and oxygen atoms in total. The maximum Gasteiger partial charge on any atom is 0.318 e. The van der Waals surface area contributed by atoms with Crippen LogP contribution in [-0.4, -0.2) is 66.8 Å². The number of nitrogens with zero attached hydrogens (tertiary/aromatic N) is 5. The van der Waals surface area contributed by atoms with Crippen LogP contribution in [0.3, 0.4) is 0 Å². The molecule has 43 heavy (non-hydrogen) atoms. The second-order valence-electron chi connectivity index (χ2n) is 10.2. The molecule has 2 atom stereocenters. The molecule has 2 N–H and O–H groups in total. The molecule has 4 aromatic rings. The predicted molar refractivity (Wildman–Crippen MR) is 165 cm³/mol. The number of anilines is 2. The highest BCUT2D eigenvalue weighted by Crippen LogP contribution is 2.45. The monoisotopic (exact) mass is 626 g/mol. The normalized spacial score (nSPS) is 16.0. The van der Waals surface area contributed by atoms with Gasteiger partial charge >= 0.3 is 6.01 Å². The van der Waals surface area contributed by atoms with Crippen molar-refractivity contribution in [3.8, 4) is 23.2 Å². The van der Waals surface area contributed by atoms with E-state index >= 15 is 4.39 Å². The van der Waals surface area contributed by atoms with Crippen LogP contribution < -0.4 is 15.4 Å². The van der Waals surface area contributed by atoms with Crippen LogP contribution in [0.5, 0.6) is 6.01 Å². The molecule has 0 bridgehead atoms. The van der Waals surface area contributed by atoms with E-state index in [1.54, 1.807) is 18.1 Å². The van der Waals surface area contributed by atoms with Gasteiger partial charge in [0.25, 0.3) is 5.91 Å². The van der Waals surface area contributed by atoms with E-state index in [-0.39, 0.29) is 66.4 Å². The summed E-state index contributed by atoms with van der Waals surface area (Å²) in [6.45, 7) is 8.94. The van der Waals surface area contributed by atoms with Gasteiger partial charge in [-0.05, 0) is 31.0 Å². The maximum absolute atomic E-state index is 16.5. The summed E-state index contributed by atoms with van der Waals surface area (Å²) in [6.07, 6.45) is 0.255. The van der Waals surface area contributed by atoms with Crippen molar-refractivity contribution in [2.45, 2.75) is 32.4 Å². The summed E-state index contributed by atoms with van der Waals surface area (Å²) in [6, 6.07) is 5.82. The first kappa shape index (κ1) is 30.4. The first-order valence-electron chi connectivity index (χ1n) is 13.5. The van der Waals surface area contributed by atoms with Crippen molar-refractivity contribution in [3.05, 3.63) is 52.6 Å². The van der Waals surface area contributed by atoms with Crippen molar-refractivity contribution < 1.29 is 23.0 Å². The summed E-state index contributed by atoms with van der Waals surface area (Å²) in [5.41, 5.74) is 6.54. The third-order valence-electron chi connectivity index (χ3n) is 7.73. The minimum atomic E-state index is -0.783. The molecule has 2 unspecified atom stereocenters. The third kappa shape index (κ3) is 5.11. The van der Waals surface area contributed by atoms with E-state index in [0.29, 0.717) is 42.8 Å². The Hall–Kier alpha value is -4.05. The molecule has 224 valence electrons. The molecule has 1 saturated heterocycles. The number of nitriles is 1. The van der Waals surface area contributed by atoms with Crippen LogP contribution in [0.2, 0.25) is 5.02 Å². The van der Waals surface area contributed by atoms with Crippen LogP contribution in [0.25, 0.3) is 32.1 Å². The van der Waals surface area contributed by atoms with Gasteiger partial charge in [0.1, 0.15) is 28.2 Å². The number of carbonyl (C=O) groups excluding carboxylic acids is 1. The van der Waals surface area contributed by atoms with Gasteiger partial charge in [0, 0.05) is 54.7 Å². The molecule has 0 spiro atoms. The Kier molecular flexibility index (Phi) is 8.42. The van der Waals surface area contributed by atoms with Crippen molar-refractivity contribution in [1.29, 1.82) is 5.26 Å². The first-order valence-corrected chi connectivity index (χ1v) is 14.7. The summed E-state index contributed by atoms with van der Waals surface area (Å²) in [5.74, 6) is -1.16. The van der Waals surface area contributed by atoms with E-state index in [2.05, 4.69) is 16.5 Å². The van der Waals surface area contributed by atoms with Gasteiger partial charge in [-0.2, -0.15) is 15.2 Å². The molecule has 0 saturated carbocycles. The quantitative estimate of drug-likeness (QED) is 0.251. The summed E-state index contributed by atoms with van der Waals surface area (Å²) in [4.78, 5) is 25.7. The molecular formula is C30H29ClF2N6O3S. The summed E-state index contributed by atoms with van der Waals surface area (Å²) < 4.78 is 42.1. The Morgan fingerprint density at radius 2 is 2.07 bits per heavy atom. The molecule has 1 fully saturated rings. The van der Waals surface area contributed by atoms with Gasteiger partial charge in [0.15, 0.2) is 5.82 Å². The fourth-order valence-corrected chi connectivity index (χ4v) is 6.82. The molecule has 1 amide bonds. The molecule has 1 aliphatic rings. The SMILES string of the molecule is C=C(C(=O)N1CCN(c2nc(OC)nc3c(F)c(-c4ccc(F)c5sc(N)c(C#N)c45)c(Cl)cc23)C(C)C1)C(CC)OC. The van der Waals surface area contributed by atoms with Crippen LogP contribution in [0.15, 0.2) is 30.4 Å². The summed E-state index contributed by atoms with van der Waals surface area (Å²) >= 11 is 7.65. The molecule has 0 aliphatic carbocycles. The highest BCUT2D eigenvalue weighted by molar-refractivity contribution is 7.23. The minimum absolute atomic E-state index is 0.0181. The second kappa shape index (κ2) is 11.9. The van der Waals surface area contributed by atoms with Gasteiger partial charge in [-0.25, -0.2) is 8.78 Å². The zero-order valence-electron chi connectivity index (χ0n) is 24.0. The van der Waals surface area contributed by atoms with Gasteiger partial charge < -0.3 is 25.0 Å². The molecule has 3 heterocycles. The van der Waals surface area contributed by atoms with Gasteiger partial charge in [-0.3, -0.25) is 4.79 Å². The van der Waals surface area contributed by atoms with Crippen LogP contribution >= 0.6 is 22.9 Å². The standard InChI is InChI=1S/C30H29ClF2N6O3S/c1-6-21(41-4)15(3)29(40)38-9-10-39(14(2)13-38)28-17-11-19(31)23(24(33)25(17)36-30(37-28)42-5)16-7-8-20(32)26-22(16)18(12-34)27(35)43-26/h7-8,11,14,21H,3,6,9-10,13,35H2,1-2,4-5H3. The lowest BCUT2D eigenvalue weighted by atomic mass is 9.97. The number of benzene rings is 2. The zero-order valence-corrected chi connectivity index (χ0v) is 25.6. The van der Waals surface area contributed by atoms with Crippen LogP contribution in [0.4, 0.5) is 19.6 Å². The number of aromatic nitrogens is 2. The number of amides is 1. The van der Waals surface area contributed by atoms with E-state index in [1.807, 2.05) is 24.8 Å². The average Bonchev–Trinajstić information content (AvgIpc) is 3.34. The number of hydrogen-bond acceptors (Lipinski definition) is 9. The Morgan fingerprint density at radius 1 is 1.33 bits per heavy atom. The van der Waals surface area contributed by atoms with Crippen molar-refractivity contribution >= 4 is 60.7 Å². The van der Waals surface area contributed by atoms with Crippen molar-refractivity contribution in [2.75, 3.05) is 44.5 Å². The predicted octanol–water partition coefficient (Wildman–Crippen LogP) is 5.92. The van der Waals surface area contributed by atoms with Gasteiger partial charge in [0.2, 0.25) is 0 Å². The molecule has 13 heteroatoms. The topological polar surface area (TPSA) is 118 Å². The first-order chi connectivity index (χ1) is 20.6. The Labute approximate surface area is 256 Å². The van der Waals surface area contributed by atoms with E-state index < -0.39 is 11.6 Å². The van der Waals surface area contributed by atoms with E-state index in [9.17, 15) is 14.4 Å². The molecule has 0 radical (unpaired) electrons. The van der Waals surface area contributed by atoms with Crippen molar-refractivity contribution in [1.82, 2.24) is 14.9 Å². The number of nitrogen functional groups attached to an aromatic ring is 1. The summed E-state index contributed by atoms with van der Waals surface area (Å²) in [5, 5.41) is 10.4. The van der Waals surface area contributed by atoms with Gasteiger partial charge in [-0.1, -0.05) is 31.2 Å². The fraction of sp³-hybridized carbons (Fsp3) is 0.333. The number of fused-ring (bicyclic) bond motifs is 2. The van der Waals surface area contributed by atoms with E-state index in [4.69, 9.17) is 26.8 Å². The molecule has 2 aromatic carbocycles. The molecule has 5 rings (SSSR count). The average molecular weight is 627 g/mol. The smallest absolute Gasteiger partial charge is 0.318 e. The van der Waals surface area contributed by atoms with E-state index in [1.165, 1.54) is 19.2 Å². The Balaban J connectivity index is 1.60. The number of methoxy groups -OCH3 is 2. The third-order valence-corrected chi connectivity index (χ3v) is 9.05. The van der Waals surface area contributed by atoms with Crippen molar-refractivity contribution in [2.24, 2.45) is 0 Å². The number of piperazine rings is 1. The van der Waals surface area contributed by atoms with E-state index in [0.717, 1.165) is 11.3 Å². The lowest BCUT2D eigenvalue weighted by Gasteiger charge is -2.41. The number of nitrogens with two attached hydrogens (primary N) is 1. The maximum atomic E-state index is 16.5. The van der Waals surface area contributed by atoms with Gasteiger partial charge in [0.05, 0.1) is 28.5 Å². The number of halogens is 3. The van der Waals surface area contributed by atoms with Crippen molar-refractivity contribution in [3.63, 3.8) is 0 Å². The van der Waals surface area contributed by atoms with Crippen LogP contribution in [-0.2, 0) is 9.53 Å². The number of thiophene rings is 1. The highest BCUT2D eigenvalue weighted by atomic mass is 35.5. The lowest BCUT2D eigenvalue weighted by Crippen LogP contribution is -2.54. The second-order valence-corrected chi connectivity index (χ2v) is 11.6. The van der Waals surface area contributed by atoms with Gasteiger partial charge in [-0.15, -0.1) is 11.3 Å². The Morgan fingerprint density at radius 3 is 2.70 bits per heavy atom. The number of ether oxygens (including phenoxy) is 2. The molecule has 2 aromatic heterocycles. The minimum Gasteiger partial charge on any atom is -0.467 e. The number of rotatable bonds is 7. The highest BCUT2D eigenvalue weighted by Gasteiger charge is 2.33. The lowest BCUT2D eigenvalue weighted by molar-refractivity contribution is -0.129. The number of carbonyl (C=O) groups is 1. The largest absolute Gasteiger partial charge is 0.467 e. The number of hydrogen-bond donors (Lipinski definition) is 1. The molecular weight excluding hydrogens is 598 g/mol. The zero-order chi connectivity index (χ0) is 31.2. The van der Waals surface area contributed by atoms with Crippen LogP contribution in [0, 0.1) is 23.0 Å². The molecule has 1 aliphatic heterocycles.